The fraction of sp³-hybridized carbons (Fsp3) is 0.500. The normalized spacial score (nSPS) is 12.8. The largest absolute Gasteiger partial charge is 0.480 e. The molecule has 0 bridgehead atoms. The second kappa shape index (κ2) is 4.34. The van der Waals surface area contributed by atoms with Gasteiger partial charge in [0.1, 0.15) is 11.0 Å². The topological polar surface area (TPSA) is 62.2 Å². The Morgan fingerprint density at radius 2 is 2.54 bits per heavy atom. The molecular weight excluding hydrogens is 188 g/mol. The van der Waals surface area contributed by atoms with Crippen molar-refractivity contribution in [3.8, 4) is 0 Å². The van der Waals surface area contributed by atoms with E-state index < -0.39 is 12.0 Å². The lowest BCUT2D eigenvalue weighted by Crippen LogP contribution is -2.33. The first-order valence-corrected chi connectivity index (χ1v) is 4.84. The van der Waals surface area contributed by atoms with Crippen LogP contribution in [-0.4, -0.2) is 22.1 Å². The van der Waals surface area contributed by atoms with Crippen molar-refractivity contribution in [2.24, 2.45) is 0 Å². The maximum absolute atomic E-state index is 10.4. The van der Waals surface area contributed by atoms with Crippen LogP contribution >= 0.6 is 11.3 Å². The van der Waals surface area contributed by atoms with E-state index in [2.05, 4.69) is 10.3 Å². The van der Waals surface area contributed by atoms with Crippen LogP contribution < -0.4 is 5.32 Å². The molecule has 0 spiro atoms. The summed E-state index contributed by atoms with van der Waals surface area (Å²) in [6, 6.07) is -0.524. The minimum Gasteiger partial charge on any atom is -0.480 e. The number of thiazole rings is 1. The zero-order valence-corrected chi connectivity index (χ0v) is 8.39. The number of hydrogen-bond acceptors (Lipinski definition) is 4. The molecule has 4 nitrogen and oxygen atoms in total. The molecule has 1 aromatic heterocycles. The van der Waals surface area contributed by atoms with Crippen molar-refractivity contribution in [2.75, 3.05) is 0 Å². The molecule has 2 N–H and O–H groups in total. The molecule has 1 rings (SSSR count). The summed E-state index contributed by atoms with van der Waals surface area (Å²) in [7, 11) is 0. The summed E-state index contributed by atoms with van der Waals surface area (Å²) in [5, 5.41) is 14.3. The van der Waals surface area contributed by atoms with Crippen molar-refractivity contribution < 1.29 is 9.90 Å². The van der Waals surface area contributed by atoms with Gasteiger partial charge in [0.2, 0.25) is 0 Å². The van der Waals surface area contributed by atoms with E-state index in [0.29, 0.717) is 6.54 Å². The van der Waals surface area contributed by atoms with E-state index in [4.69, 9.17) is 5.11 Å². The highest BCUT2D eigenvalue weighted by molar-refractivity contribution is 7.09. The smallest absolute Gasteiger partial charge is 0.320 e. The molecule has 0 aliphatic carbocycles. The summed E-state index contributed by atoms with van der Waals surface area (Å²) in [4.78, 5) is 14.7. The van der Waals surface area contributed by atoms with Gasteiger partial charge in [-0.1, -0.05) is 0 Å². The lowest BCUT2D eigenvalue weighted by molar-refractivity contribution is -0.139. The van der Waals surface area contributed by atoms with Gasteiger partial charge in [-0.25, -0.2) is 4.98 Å². The third kappa shape index (κ3) is 3.12. The minimum absolute atomic E-state index is 0.520. The van der Waals surface area contributed by atoms with Gasteiger partial charge in [-0.2, -0.15) is 0 Å². The van der Waals surface area contributed by atoms with Crippen LogP contribution in [0, 0.1) is 6.92 Å². The Labute approximate surface area is 80.6 Å². The Bertz CT molecular complexity index is 298. The minimum atomic E-state index is -0.840. The van der Waals surface area contributed by atoms with E-state index in [9.17, 15) is 4.79 Å². The molecule has 5 heteroatoms. The third-order valence-corrected chi connectivity index (χ3v) is 2.56. The van der Waals surface area contributed by atoms with Crippen LogP contribution in [0.25, 0.3) is 0 Å². The van der Waals surface area contributed by atoms with Gasteiger partial charge in [-0.05, 0) is 13.8 Å². The zero-order valence-electron chi connectivity index (χ0n) is 7.57. The number of carboxylic acid groups (broad SMARTS) is 1. The fourth-order valence-corrected chi connectivity index (χ4v) is 1.53. The van der Waals surface area contributed by atoms with E-state index >= 15 is 0 Å². The number of rotatable bonds is 4. The fourth-order valence-electron chi connectivity index (χ4n) is 0.812. The molecule has 0 aliphatic heterocycles. The second-order valence-electron chi connectivity index (χ2n) is 2.82. The number of carbonyl (C=O) groups is 1. The molecule has 0 saturated heterocycles. The molecule has 1 heterocycles. The molecule has 0 aliphatic rings. The van der Waals surface area contributed by atoms with Crippen molar-refractivity contribution in [1.29, 1.82) is 0 Å². The van der Waals surface area contributed by atoms with Crippen LogP contribution in [0.15, 0.2) is 5.38 Å². The number of aromatic nitrogens is 1. The van der Waals surface area contributed by atoms with Crippen LogP contribution in [0.2, 0.25) is 0 Å². The Morgan fingerprint density at radius 3 is 3.00 bits per heavy atom. The Balaban J connectivity index is 2.39. The van der Waals surface area contributed by atoms with E-state index in [0.717, 1.165) is 10.7 Å². The number of nitrogens with one attached hydrogen (secondary N) is 1. The molecule has 0 amide bonds. The van der Waals surface area contributed by atoms with Gasteiger partial charge < -0.3 is 5.11 Å². The Kier molecular flexibility index (Phi) is 3.39. The van der Waals surface area contributed by atoms with Gasteiger partial charge in [0, 0.05) is 17.6 Å². The van der Waals surface area contributed by atoms with E-state index in [1.165, 1.54) is 11.3 Å². The SMILES string of the molecule is Cc1csc(CN[C@@H](C)C(=O)O)n1. The second-order valence-corrected chi connectivity index (χ2v) is 3.77. The molecular formula is C8H12N2O2S. The van der Waals surface area contributed by atoms with Crippen molar-refractivity contribution in [1.82, 2.24) is 10.3 Å². The third-order valence-electron chi connectivity index (χ3n) is 1.60. The average molecular weight is 200 g/mol. The highest BCUT2D eigenvalue weighted by Crippen LogP contribution is 2.07. The average Bonchev–Trinajstić information content (AvgIpc) is 2.47. The molecule has 72 valence electrons. The van der Waals surface area contributed by atoms with Crippen molar-refractivity contribution in [3.05, 3.63) is 16.1 Å². The standard InChI is InChI=1S/C8H12N2O2S/c1-5-4-13-7(10-5)3-9-6(2)8(11)12/h4,6,9H,3H2,1-2H3,(H,11,12)/t6-/m0/s1. The molecule has 0 aromatic carbocycles. The lowest BCUT2D eigenvalue weighted by Gasteiger charge is -2.06. The van der Waals surface area contributed by atoms with Gasteiger partial charge in [-0.3, -0.25) is 10.1 Å². The van der Waals surface area contributed by atoms with Crippen LogP contribution in [0.1, 0.15) is 17.6 Å². The molecule has 13 heavy (non-hydrogen) atoms. The summed E-state index contributed by atoms with van der Waals surface area (Å²) in [6.07, 6.45) is 0. The summed E-state index contributed by atoms with van der Waals surface area (Å²) in [5.74, 6) is -0.840. The van der Waals surface area contributed by atoms with Crippen molar-refractivity contribution >= 4 is 17.3 Å². The van der Waals surface area contributed by atoms with Crippen molar-refractivity contribution in [3.63, 3.8) is 0 Å². The molecule has 0 unspecified atom stereocenters. The van der Waals surface area contributed by atoms with Crippen LogP contribution in [0.5, 0.6) is 0 Å². The van der Waals surface area contributed by atoms with Gasteiger partial charge in [0.15, 0.2) is 0 Å². The van der Waals surface area contributed by atoms with E-state index in [1.54, 1.807) is 6.92 Å². The van der Waals surface area contributed by atoms with Gasteiger partial charge in [-0.15, -0.1) is 11.3 Å². The van der Waals surface area contributed by atoms with E-state index in [1.807, 2.05) is 12.3 Å². The maximum Gasteiger partial charge on any atom is 0.320 e. The Morgan fingerprint density at radius 1 is 1.85 bits per heavy atom. The maximum atomic E-state index is 10.4. The predicted molar refractivity (Wildman–Crippen MR) is 50.8 cm³/mol. The molecule has 0 saturated carbocycles. The van der Waals surface area contributed by atoms with Crippen LogP contribution in [0.3, 0.4) is 0 Å². The molecule has 0 radical (unpaired) electrons. The van der Waals surface area contributed by atoms with E-state index in [-0.39, 0.29) is 0 Å². The van der Waals surface area contributed by atoms with Crippen LogP contribution in [0.4, 0.5) is 0 Å². The number of hydrogen-bond donors (Lipinski definition) is 2. The monoisotopic (exact) mass is 200 g/mol. The van der Waals surface area contributed by atoms with Crippen LogP contribution in [-0.2, 0) is 11.3 Å². The summed E-state index contributed by atoms with van der Waals surface area (Å²) < 4.78 is 0. The van der Waals surface area contributed by atoms with Crippen molar-refractivity contribution in [2.45, 2.75) is 26.4 Å². The summed E-state index contributed by atoms with van der Waals surface area (Å²) in [5.41, 5.74) is 0.977. The predicted octanol–water partition coefficient (Wildman–Crippen LogP) is 1.01. The first kappa shape index (κ1) is 10.1. The lowest BCUT2D eigenvalue weighted by atomic mass is 10.3. The quantitative estimate of drug-likeness (QED) is 0.761. The number of aliphatic carboxylic acids is 1. The first-order chi connectivity index (χ1) is 6.09. The summed E-state index contributed by atoms with van der Waals surface area (Å²) >= 11 is 1.54. The molecule has 0 fully saturated rings. The first-order valence-electron chi connectivity index (χ1n) is 3.97. The highest BCUT2D eigenvalue weighted by atomic mass is 32.1. The summed E-state index contributed by atoms with van der Waals surface area (Å²) in [6.45, 7) is 4.05. The number of nitrogens with zero attached hydrogens (tertiary/aromatic N) is 1. The number of aryl methyl sites for hydroxylation is 1. The Hall–Kier alpha value is -0.940. The van der Waals surface area contributed by atoms with Gasteiger partial charge in [0.05, 0.1) is 0 Å². The van der Waals surface area contributed by atoms with Gasteiger partial charge >= 0.3 is 5.97 Å². The molecule has 1 atom stereocenters. The highest BCUT2D eigenvalue weighted by Gasteiger charge is 2.09. The molecule has 1 aromatic rings. The zero-order chi connectivity index (χ0) is 9.84. The van der Waals surface area contributed by atoms with Gasteiger partial charge in [0.25, 0.3) is 0 Å². The number of carboxylic acids is 1.